The number of nitrogens with zero attached hydrogens (tertiary/aromatic N) is 2. The van der Waals surface area contributed by atoms with Crippen LogP contribution in [0.2, 0.25) is 0 Å². The van der Waals surface area contributed by atoms with Crippen LogP contribution in [0.1, 0.15) is 23.6 Å². The molecule has 0 aliphatic carbocycles. The summed E-state index contributed by atoms with van der Waals surface area (Å²) in [4.78, 5) is 0. The molecule has 104 valence electrons. The fraction of sp³-hybridized carbons (Fsp3) is 0.111. The number of benzene rings is 2. The average molecular weight is 275 g/mol. The van der Waals surface area contributed by atoms with E-state index in [9.17, 15) is 0 Å². The Hall–Kier alpha value is -2.86. The topological polar surface area (TPSA) is 48.2 Å². The van der Waals surface area contributed by atoms with Gasteiger partial charge in [0.05, 0.1) is 23.0 Å². The van der Waals surface area contributed by atoms with Crippen molar-refractivity contribution in [2.45, 2.75) is 13.8 Å². The summed E-state index contributed by atoms with van der Waals surface area (Å²) in [6.45, 7) is 7.96. The van der Waals surface area contributed by atoms with Crippen LogP contribution in [-0.4, -0.2) is 5.71 Å². The molecule has 0 fully saturated rings. The average Bonchev–Trinajstić information content (AvgIpc) is 2.49. The third-order valence-electron chi connectivity index (χ3n) is 3.04. The van der Waals surface area contributed by atoms with Gasteiger partial charge in [0.15, 0.2) is 0 Å². The van der Waals surface area contributed by atoms with Crippen molar-refractivity contribution in [3.8, 4) is 6.07 Å². The Kier molecular flexibility index (Phi) is 4.53. The van der Waals surface area contributed by atoms with Gasteiger partial charge in [-0.25, -0.2) is 0 Å². The fourth-order valence-electron chi connectivity index (χ4n) is 1.86. The Labute approximate surface area is 125 Å². The lowest BCUT2D eigenvalue weighted by molar-refractivity contribution is 1.31. The van der Waals surface area contributed by atoms with Gasteiger partial charge in [-0.3, -0.25) is 5.43 Å². The van der Waals surface area contributed by atoms with E-state index in [4.69, 9.17) is 5.26 Å². The number of rotatable bonds is 4. The molecule has 0 aromatic heterocycles. The molecule has 0 aliphatic heterocycles. The van der Waals surface area contributed by atoms with Gasteiger partial charge in [0.25, 0.3) is 0 Å². The highest BCUT2D eigenvalue weighted by molar-refractivity contribution is 6.12. The van der Waals surface area contributed by atoms with E-state index in [1.165, 1.54) is 5.56 Å². The number of nitriles is 1. The fourth-order valence-corrected chi connectivity index (χ4v) is 1.86. The highest BCUT2D eigenvalue weighted by Gasteiger charge is 2.04. The van der Waals surface area contributed by atoms with E-state index >= 15 is 0 Å². The van der Waals surface area contributed by atoms with Crippen LogP contribution in [0.3, 0.4) is 0 Å². The molecule has 0 radical (unpaired) electrons. The lowest BCUT2D eigenvalue weighted by Crippen LogP contribution is -2.05. The zero-order chi connectivity index (χ0) is 15.2. The molecule has 0 amide bonds. The van der Waals surface area contributed by atoms with E-state index in [1.807, 2.05) is 31.2 Å². The summed E-state index contributed by atoms with van der Waals surface area (Å²) in [5.74, 6) is 0. The monoisotopic (exact) mass is 275 g/mol. The molecule has 3 nitrogen and oxygen atoms in total. The number of allylic oxidation sites excluding steroid dienone is 1. The van der Waals surface area contributed by atoms with Gasteiger partial charge in [0, 0.05) is 5.56 Å². The third kappa shape index (κ3) is 3.80. The number of nitrogens with one attached hydrogen (secondary N) is 1. The number of hydrazone groups is 1. The summed E-state index contributed by atoms with van der Waals surface area (Å²) >= 11 is 0. The normalized spacial score (nSPS) is 10.8. The van der Waals surface area contributed by atoms with Crippen molar-refractivity contribution in [2.75, 3.05) is 5.43 Å². The summed E-state index contributed by atoms with van der Waals surface area (Å²) in [5, 5.41) is 13.2. The highest BCUT2D eigenvalue weighted by Crippen LogP contribution is 2.13. The van der Waals surface area contributed by atoms with Crippen molar-refractivity contribution in [1.29, 1.82) is 5.26 Å². The van der Waals surface area contributed by atoms with E-state index < -0.39 is 0 Å². The quantitative estimate of drug-likeness (QED) is 0.669. The predicted molar refractivity (Wildman–Crippen MR) is 87.3 cm³/mol. The maximum atomic E-state index is 8.78. The maximum Gasteiger partial charge on any atom is 0.0991 e. The molecule has 3 heteroatoms. The largest absolute Gasteiger partial charge is 0.278 e. The molecule has 0 heterocycles. The first kappa shape index (κ1) is 14.5. The summed E-state index contributed by atoms with van der Waals surface area (Å²) in [5.41, 5.74) is 8.41. The van der Waals surface area contributed by atoms with Gasteiger partial charge in [0.2, 0.25) is 0 Å². The molecule has 0 spiro atoms. The highest BCUT2D eigenvalue weighted by atomic mass is 15.3. The Balaban J connectivity index is 2.23. The van der Waals surface area contributed by atoms with Gasteiger partial charge >= 0.3 is 0 Å². The van der Waals surface area contributed by atoms with E-state index in [1.54, 1.807) is 12.1 Å². The molecular weight excluding hydrogens is 258 g/mol. The van der Waals surface area contributed by atoms with Crippen LogP contribution in [0, 0.1) is 18.3 Å². The number of anilines is 1. The molecule has 0 saturated carbocycles. The summed E-state index contributed by atoms with van der Waals surface area (Å²) in [7, 11) is 0. The second kappa shape index (κ2) is 6.53. The first-order valence-corrected chi connectivity index (χ1v) is 6.67. The van der Waals surface area contributed by atoms with Gasteiger partial charge in [-0.2, -0.15) is 10.4 Å². The Morgan fingerprint density at radius 1 is 1.10 bits per heavy atom. The van der Waals surface area contributed by atoms with Crippen molar-refractivity contribution in [1.82, 2.24) is 0 Å². The standard InChI is InChI=1S/C18H17N3/c1-13(2)18(16-8-4-14(3)5-9-16)21-20-17-10-6-15(12-19)7-11-17/h4-11,20H,1H2,2-3H3/b21-18+. The minimum atomic E-state index is 0.628. The summed E-state index contributed by atoms with van der Waals surface area (Å²) in [6.07, 6.45) is 0. The van der Waals surface area contributed by atoms with Crippen LogP contribution in [0.25, 0.3) is 0 Å². The molecule has 0 saturated heterocycles. The minimum Gasteiger partial charge on any atom is -0.278 e. The third-order valence-corrected chi connectivity index (χ3v) is 3.04. The zero-order valence-corrected chi connectivity index (χ0v) is 12.2. The second-order valence-corrected chi connectivity index (χ2v) is 4.91. The van der Waals surface area contributed by atoms with Crippen molar-refractivity contribution >= 4 is 11.4 Å². The van der Waals surface area contributed by atoms with E-state index in [-0.39, 0.29) is 0 Å². The second-order valence-electron chi connectivity index (χ2n) is 4.91. The molecule has 2 rings (SSSR count). The number of aryl methyl sites for hydroxylation is 1. The van der Waals surface area contributed by atoms with Gasteiger partial charge in [-0.15, -0.1) is 0 Å². The van der Waals surface area contributed by atoms with E-state index in [2.05, 4.69) is 42.2 Å². The van der Waals surface area contributed by atoms with Crippen molar-refractivity contribution in [2.24, 2.45) is 5.10 Å². The first-order valence-electron chi connectivity index (χ1n) is 6.67. The van der Waals surface area contributed by atoms with Crippen molar-refractivity contribution in [3.05, 3.63) is 77.4 Å². The smallest absolute Gasteiger partial charge is 0.0991 e. The first-order chi connectivity index (χ1) is 10.1. The van der Waals surface area contributed by atoms with Crippen LogP contribution < -0.4 is 5.43 Å². The lowest BCUT2D eigenvalue weighted by Gasteiger charge is -2.08. The molecule has 0 unspecified atom stereocenters. The molecule has 1 N–H and O–H groups in total. The van der Waals surface area contributed by atoms with Crippen LogP contribution >= 0.6 is 0 Å². The molecule has 0 bridgehead atoms. The van der Waals surface area contributed by atoms with Crippen molar-refractivity contribution < 1.29 is 0 Å². The molecule has 21 heavy (non-hydrogen) atoms. The lowest BCUT2D eigenvalue weighted by atomic mass is 10.0. The summed E-state index contributed by atoms with van der Waals surface area (Å²) < 4.78 is 0. The maximum absolute atomic E-state index is 8.78. The Bertz CT molecular complexity index is 702. The number of hydrogen-bond acceptors (Lipinski definition) is 3. The molecule has 2 aromatic carbocycles. The van der Waals surface area contributed by atoms with E-state index in [0.717, 1.165) is 22.5 Å². The van der Waals surface area contributed by atoms with Gasteiger partial charge in [-0.05, 0) is 43.7 Å². The number of hydrogen-bond donors (Lipinski definition) is 1. The van der Waals surface area contributed by atoms with Crippen LogP contribution in [0.4, 0.5) is 5.69 Å². The van der Waals surface area contributed by atoms with Crippen LogP contribution in [0.15, 0.2) is 65.8 Å². The van der Waals surface area contributed by atoms with Crippen LogP contribution in [0.5, 0.6) is 0 Å². The molecular formula is C18H17N3. The van der Waals surface area contributed by atoms with Crippen molar-refractivity contribution in [3.63, 3.8) is 0 Å². The van der Waals surface area contributed by atoms with Gasteiger partial charge in [-0.1, -0.05) is 36.4 Å². The molecule has 0 aliphatic rings. The Morgan fingerprint density at radius 2 is 1.71 bits per heavy atom. The molecule has 0 atom stereocenters. The predicted octanol–water partition coefficient (Wildman–Crippen LogP) is 4.26. The van der Waals surface area contributed by atoms with Gasteiger partial charge < -0.3 is 0 Å². The minimum absolute atomic E-state index is 0.628. The van der Waals surface area contributed by atoms with Gasteiger partial charge in [0.1, 0.15) is 0 Å². The summed E-state index contributed by atoms with van der Waals surface area (Å²) in [6, 6.07) is 17.4. The zero-order valence-electron chi connectivity index (χ0n) is 12.2. The van der Waals surface area contributed by atoms with Crippen LogP contribution in [-0.2, 0) is 0 Å². The molecule has 2 aromatic rings. The SMILES string of the molecule is C=C(C)/C(=N\Nc1ccc(C#N)cc1)c1ccc(C)cc1. The van der Waals surface area contributed by atoms with E-state index in [0.29, 0.717) is 5.56 Å². The Morgan fingerprint density at radius 3 is 2.24 bits per heavy atom.